The number of nitrogens with zero attached hydrogens (tertiary/aromatic N) is 6. The second-order valence-corrected chi connectivity index (χ2v) is 17.3. The normalized spacial score (nSPS) is 12.8. The smallest absolute Gasteiger partial charge is 0.106 e. The van der Waals surface area contributed by atoms with Crippen molar-refractivity contribution in [2.24, 2.45) is 7.05 Å². The third-order valence-corrected chi connectivity index (χ3v) is 13.1. The monoisotopic (exact) mass is 947 g/mol. The third kappa shape index (κ3) is 15.1. The molecule has 0 N–H and O–H groups in total. The van der Waals surface area contributed by atoms with Crippen LogP contribution in [0.1, 0.15) is 203 Å². The topological polar surface area (TPSA) is 69.4 Å². The highest BCUT2D eigenvalue weighted by Crippen LogP contribution is 2.36. The van der Waals surface area contributed by atoms with Crippen LogP contribution in [0.5, 0.6) is 0 Å². The predicted molar refractivity (Wildman–Crippen MR) is 311 cm³/mol. The lowest BCUT2D eigenvalue weighted by molar-refractivity contribution is 0.880. The van der Waals surface area contributed by atoms with E-state index in [0.29, 0.717) is 0 Å². The zero-order valence-corrected chi connectivity index (χ0v) is 48.9. The van der Waals surface area contributed by atoms with E-state index in [2.05, 4.69) is 143 Å². The van der Waals surface area contributed by atoms with E-state index in [-0.39, 0.29) is 0 Å². The zero-order chi connectivity index (χ0) is 53.6. The lowest BCUT2D eigenvalue weighted by atomic mass is 10.0. The van der Waals surface area contributed by atoms with Gasteiger partial charge in [-0.15, -0.1) is 0 Å². The van der Waals surface area contributed by atoms with Crippen LogP contribution in [0.2, 0.25) is 0 Å². The van der Waals surface area contributed by atoms with Gasteiger partial charge in [0.2, 0.25) is 0 Å². The maximum absolute atomic E-state index is 4.40. The molecule has 70 heavy (non-hydrogen) atoms. The zero-order valence-electron chi connectivity index (χ0n) is 48.9. The quantitative estimate of drug-likeness (QED) is 0.152. The molecule has 5 aromatic heterocycles. The summed E-state index contributed by atoms with van der Waals surface area (Å²) in [7, 11) is 2.01. The Morgan fingerprint density at radius 1 is 0.400 bits per heavy atom. The van der Waals surface area contributed by atoms with Crippen molar-refractivity contribution in [3.8, 4) is 0 Å². The Morgan fingerprint density at radius 3 is 1.36 bits per heavy atom. The number of imidazole rings is 1. The standard InChI is InChI=1S/C12H14.3C11H13N.C9H11N3.5C2H6/c1-8-5-4-6-11-7-9(2)10(3)12(8)11;1-7-4-10-6-12-5-8(2)11(10)9(7)3;1-7-6-10-4-5-12-9(3)11(10)8(7)2;1-7-4-5-12-10-6-8(2)9(3)11(7)10;1-6-9-8(4-5-10-6)11-7(2)12(9)3;5*1-2/h4-6H,7H2,1-3H3;5-6H,4H2,1-3H3;2*4-5H,6H2,1-3H3;4-5H,1-3H3;5*1-2H3. The molecule has 0 saturated heterocycles. The van der Waals surface area contributed by atoms with Gasteiger partial charge in [0.25, 0.3) is 0 Å². The van der Waals surface area contributed by atoms with Crippen molar-refractivity contribution in [1.82, 2.24) is 29.5 Å². The Hall–Kier alpha value is -5.75. The predicted octanol–water partition coefficient (Wildman–Crippen LogP) is 18.3. The summed E-state index contributed by atoms with van der Waals surface area (Å²) in [5.41, 5.74) is 31.5. The van der Waals surface area contributed by atoms with Crippen LogP contribution in [0.3, 0.4) is 0 Å². The Morgan fingerprint density at radius 2 is 0.843 bits per heavy atom. The summed E-state index contributed by atoms with van der Waals surface area (Å²) in [6.07, 6.45) is 13.9. The van der Waals surface area contributed by atoms with Gasteiger partial charge in [0, 0.05) is 61.3 Å². The molecular formula is C64H94N6. The molecule has 5 heterocycles. The van der Waals surface area contributed by atoms with E-state index in [1.165, 1.54) is 112 Å². The SMILES string of the molecule is CC.CC.CC.CC.CC.CC1=C(C)c2c(C)cccc2C1.CC1=C(C)c2c(C)ccnc2C1.CC1=C(C)c2c(C)cncc2C1.CC1=C(C)c2c(ccnc2C)C1.Cc1nccc2nc(C)n(C)c12. The molecule has 6 aromatic rings. The fourth-order valence-corrected chi connectivity index (χ4v) is 9.20. The molecule has 0 amide bonds. The van der Waals surface area contributed by atoms with Crippen molar-refractivity contribution in [2.45, 2.75) is 192 Å². The molecule has 0 radical (unpaired) electrons. The number of allylic oxidation sites excluding steroid dienone is 8. The third-order valence-electron chi connectivity index (χ3n) is 13.1. The molecule has 0 bridgehead atoms. The van der Waals surface area contributed by atoms with Gasteiger partial charge in [0.05, 0.1) is 22.4 Å². The van der Waals surface area contributed by atoms with Crippen LogP contribution in [0.15, 0.2) is 89.7 Å². The van der Waals surface area contributed by atoms with Crippen molar-refractivity contribution in [3.05, 3.63) is 168 Å². The average Bonchev–Trinajstić information content (AvgIpc) is 4.12. The fraction of sp³-hybridized carbons (Fsp3) is 0.453. The molecule has 380 valence electrons. The average molecular weight is 947 g/mol. The highest BCUT2D eigenvalue weighted by Gasteiger charge is 2.20. The van der Waals surface area contributed by atoms with Crippen LogP contribution in [0.25, 0.3) is 33.3 Å². The molecule has 0 fully saturated rings. The first-order valence-electron chi connectivity index (χ1n) is 26.3. The summed E-state index contributed by atoms with van der Waals surface area (Å²) >= 11 is 0. The molecule has 6 nitrogen and oxygen atoms in total. The number of benzene rings is 1. The number of aromatic nitrogens is 6. The van der Waals surface area contributed by atoms with Gasteiger partial charge < -0.3 is 4.57 Å². The molecule has 0 aliphatic heterocycles. The summed E-state index contributed by atoms with van der Waals surface area (Å²) in [5.74, 6) is 1.03. The van der Waals surface area contributed by atoms with Gasteiger partial charge in [-0.05, 0) is 201 Å². The number of pyridine rings is 4. The lowest BCUT2D eigenvalue weighted by Crippen LogP contribution is -1.93. The highest BCUT2D eigenvalue weighted by atomic mass is 15.1. The number of fused-ring (bicyclic) bond motifs is 5. The van der Waals surface area contributed by atoms with E-state index in [9.17, 15) is 0 Å². The Bertz CT molecular complexity index is 2460. The number of hydrogen-bond acceptors (Lipinski definition) is 5. The molecule has 4 aliphatic carbocycles. The molecule has 4 aliphatic rings. The van der Waals surface area contributed by atoms with Gasteiger partial charge in [0.1, 0.15) is 5.82 Å². The Labute approximate surface area is 428 Å². The summed E-state index contributed by atoms with van der Waals surface area (Å²) in [4.78, 5) is 21.5. The van der Waals surface area contributed by atoms with Crippen molar-refractivity contribution < 1.29 is 0 Å². The number of rotatable bonds is 0. The van der Waals surface area contributed by atoms with E-state index in [0.717, 1.165) is 48.2 Å². The first kappa shape index (κ1) is 62.3. The maximum atomic E-state index is 4.40. The first-order valence-corrected chi connectivity index (χ1v) is 26.3. The summed E-state index contributed by atoms with van der Waals surface area (Å²) in [6, 6.07) is 12.7. The highest BCUT2D eigenvalue weighted by molar-refractivity contribution is 5.79. The molecule has 1 aromatic carbocycles. The molecule has 10 rings (SSSR count). The Kier molecular flexibility index (Phi) is 27.4. The largest absolute Gasteiger partial charge is 0.330 e. The van der Waals surface area contributed by atoms with Gasteiger partial charge in [0.15, 0.2) is 0 Å². The van der Waals surface area contributed by atoms with E-state index in [4.69, 9.17) is 0 Å². The summed E-state index contributed by atoms with van der Waals surface area (Å²) < 4.78 is 2.07. The molecule has 0 saturated carbocycles. The fourth-order valence-electron chi connectivity index (χ4n) is 9.20. The van der Waals surface area contributed by atoms with Crippen LogP contribution < -0.4 is 0 Å². The number of hydrogen-bond donors (Lipinski definition) is 0. The molecule has 0 spiro atoms. The minimum absolute atomic E-state index is 1.03. The van der Waals surface area contributed by atoms with Crippen molar-refractivity contribution in [1.29, 1.82) is 0 Å². The van der Waals surface area contributed by atoms with Crippen LogP contribution in [0.4, 0.5) is 0 Å². The second kappa shape index (κ2) is 30.8. The van der Waals surface area contributed by atoms with Crippen LogP contribution in [-0.4, -0.2) is 29.5 Å². The van der Waals surface area contributed by atoms with E-state index >= 15 is 0 Å². The van der Waals surface area contributed by atoms with Crippen molar-refractivity contribution >= 4 is 33.3 Å². The minimum Gasteiger partial charge on any atom is -0.330 e. The number of aryl methyl sites for hydroxylation is 7. The maximum Gasteiger partial charge on any atom is 0.106 e. The van der Waals surface area contributed by atoms with Crippen LogP contribution in [0, 0.1) is 41.5 Å². The molecule has 0 atom stereocenters. The van der Waals surface area contributed by atoms with Gasteiger partial charge >= 0.3 is 0 Å². The van der Waals surface area contributed by atoms with Gasteiger partial charge in [-0.1, -0.05) is 110 Å². The molecule has 6 heteroatoms. The van der Waals surface area contributed by atoms with Gasteiger partial charge in [-0.25, -0.2) is 4.98 Å². The van der Waals surface area contributed by atoms with E-state index in [1.807, 2.05) is 121 Å². The van der Waals surface area contributed by atoms with Crippen LogP contribution in [-0.2, 0) is 32.7 Å². The van der Waals surface area contributed by atoms with Gasteiger partial charge in [-0.2, -0.15) is 0 Å². The Balaban J connectivity index is 0.000000418. The lowest BCUT2D eigenvalue weighted by Gasteiger charge is -2.04. The van der Waals surface area contributed by atoms with Crippen molar-refractivity contribution in [3.63, 3.8) is 0 Å². The molecule has 0 unspecified atom stereocenters. The molecular weight excluding hydrogens is 853 g/mol. The second-order valence-electron chi connectivity index (χ2n) is 17.3. The summed E-state index contributed by atoms with van der Waals surface area (Å²) in [5, 5.41) is 0. The van der Waals surface area contributed by atoms with E-state index < -0.39 is 0 Å². The minimum atomic E-state index is 1.03. The van der Waals surface area contributed by atoms with Crippen LogP contribution >= 0.6 is 0 Å². The first-order chi connectivity index (χ1) is 33.5. The van der Waals surface area contributed by atoms with Crippen molar-refractivity contribution in [2.75, 3.05) is 0 Å². The van der Waals surface area contributed by atoms with E-state index in [1.54, 1.807) is 6.20 Å². The summed E-state index contributed by atoms with van der Waals surface area (Å²) in [6.45, 7) is 50.2. The van der Waals surface area contributed by atoms with Gasteiger partial charge in [-0.3, -0.25) is 19.9 Å².